The molecule has 0 heterocycles. The predicted molar refractivity (Wildman–Crippen MR) is 76.4 cm³/mol. The fourth-order valence-corrected chi connectivity index (χ4v) is 2.70. The summed E-state index contributed by atoms with van der Waals surface area (Å²) < 4.78 is 0. The number of hydrogen-bond donors (Lipinski definition) is 2. The Balaban J connectivity index is 1.73. The van der Waals surface area contributed by atoms with Gasteiger partial charge in [0.2, 0.25) is 5.91 Å². The molecule has 0 aliphatic heterocycles. The van der Waals surface area contributed by atoms with Crippen LogP contribution in [0.5, 0.6) is 0 Å². The van der Waals surface area contributed by atoms with Gasteiger partial charge in [0.1, 0.15) is 0 Å². The van der Waals surface area contributed by atoms with Crippen LogP contribution in [0.4, 0.5) is 0 Å². The molecule has 4 nitrogen and oxygen atoms in total. The van der Waals surface area contributed by atoms with Gasteiger partial charge < -0.3 is 11.1 Å². The molecule has 0 saturated heterocycles. The maximum atomic E-state index is 12.0. The Kier molecular flexibility index (Phi) is 4.95. The van der Waals surface area contributed by atoms with Crippen LogP contribution in [0.3, 0.4) is 0 Å². The minimum atomic E-state index is 0.164. The maximum Gasteiger partial charge on any atom is 0.234 e. The second-order valence-corrected chi connectivity index (χ2v) is 5.99. The molecule has 0 radical (unpaired) electrons. The van der Waals surface area contributed by atoms with Crippen molar-refractivity contribution < 1.29 is 4.79 Å². The van der Waals surface area contributed by atoms with Crippen molar-refractivity contribution in [3.05, 3.63) is 0 Å². The van der Waals surface area contributed by atoms with Gasteiger partial charge in [-0.1, -0.05) is 25.1 Å². The van der Waals surface area contributed by atoms with E-state index < -0.39 is 0 Å². The van der Waals surface area contributed by atoms with Crippen molar-refractivity contribution in [3.8, 4) is 0 Å². The zero-order valence-electron chi connectivity index (χ0n) is 10.9. The van der Waals surface area contributed by atoms with E-state index in [2.05, 4.69) is 10.2 Å². The predicted octanol–water partition coefficient (Wildman–Crippen LogP) is 1.19. The molecule has 0 aromatic rings. The molecule has 3 N–H and O–H groups in total. The topological polar surface area (TPSA) is 58.4 Å². The van der Waals surface area contributed by atoms with Crippen molar-refractivity contribution in [2.75, 3.05) is 13.1 Å². The SMILES string of the molecule is NC(=S)CCN(CC(=O)NC1CCCC1)C1CC1. The van der Waals surface area contributed by atoms with Crippen molar-refractivity contribution in [1.82, 2.24) is 10.2 Å². The van der Waals surface area contributed by atoms with Gasteiger partial charge in [-0.3, -0.25) is 9.69 Å². The molecular formula is C13H23N3OS. The van der Waals surface area contributed by atoms with Gasteiger partial charge in [0.15, 0.2) is 0 Å². The smallest absolute Gasteiger partial charge is 0.234 e. The van der Waals surface area contributed by atoms with Crippen molar-refractivity contribution >= 4 is 23.1 Å². The molecule has 0 aromatic carbocycles. The van der Waals surface area contributed by atoms with Crippen LogP contribution in [0.15, 0.2) is 0 Å². The summed E-state index contributed by atoms with van der Waals surface area (Å²) in [5.41, 5.74) is 5.53. The van der Waals surface area contributed by atoms with E-state index in [9.17, 15) is 4.79 Å². The van der Waals surface area contributed by atoms with E-state index in [0.717, 1.165) is 19.4 Å². The highest BCUT2D eigenvalue weighted by molar-refractivity contribution is 7.80. The monoisotopic (exact) mass is 269 g/mol. The first-order chi connectivity index (χ1) is 8.65. The number of nitrogens with one attached hydrogen (secondary N) is 1. The number of carbonyl (C=O) groups is 1. The Morgan fingerprint density at radius 3 is 2.50 bits per heavy atom. The summed E-state index contributed by atoms with van der Waals surface area (Å²) in [5, 5.41) is 3.13. The van der Waals surface area contributed by atoms with Crippen molar-refractivity contribution in [2.24, 2.45) is 5.73 Å². The van der Waals surface area contributed by atoms with Gasteiger partial charge in [0.25, 0.3) is 0 Å². The van der Waals surface area contributed by atoms with Crippen molar-refractivity contribution in [3.63, 3.8) is 0 Å². The van der Waals surface area contributed by atoms with E-state index >= 15 is 0 Å². The summed E-state index contributed by atoms with van der Waals surface area (Å²) in [4.78, 5) is 14.7. The Morgan fingerprint density at radius 2 is 1.94 bits per heavy atom. The Morgan fingerprint density at radius 1 is 1.28 bits per heavy atom. The molecule has 0 unspecified atom stereocenters. The Hall–Kier alpha value is -0.680. The second kappa shape index (κ2) is 6.48. The molecule has 2 aliphatic rings. The van der Waals surface area contributed by atoms with Crippen molar-refractivity contribution in [2.45, 2.75) is 57.0 Å². The molecule has 0 bridgehead atoms. The molecule has 0 aromatic heterocycles. The summed E-state index contributed by atoms with van der Waals surface area (Å²) in [6, 6.07) is 0.989. The van der Waals surface area contributed by atoms with E-state index in [1.54, 1.807) is 0 Å². The minimum absolute atomic E-state index is 0.164. The van der Waals surface area contributed by atoms with E-state index in [4.69, 9.17) is 18.0 Å². The molecule has 102 valence electrons. The number of nitrogens with two attached hydrogens (primary N) is 1. The zero-order valence-corrected chi connectivity index (χ0v) is 11.7. The first-order valence-electron chi connectivity index (χ1n) is 6.97. The molecule has 0 spiro atoms. The van der Waals surface area contributed by atoms with E-state index in [0.29, 0.717) is 30.0 Å². The molecule has 18 heavy (non-hydrogen) atoms. The molecule has 1 amide bonds. The summed E-state index contributed by atoms with van der Waals surface area (Å²) in [6.45, 7) is 1.32. The lowest BCUT2D eigenvalue weighted by Crippen LogP contribution is -2.42. The van der Waals surface area contributed by atoms with Crippen LogP contribution in [-0.2, 0) is 4.79 Å². The largest absolute Gasteiger partial charge is 0.393 e. The van der Waals surface area contributed by atoms with Gasteiger partial charge in [0.05, 0.1) is 11.5 Å². The van der Waals surface area contributed by atoms with Crippen LogP contribution in [0.1, 0.15) is 44.9 Å². The van der Waals surface area contributed by atoms with Gasteiger partial charge in [-0.2, -0.15) is 0 Å². The van der Waals surface area contributed by atoms with Crippen LogP contribution in [0.2, 0.25) is 0 Å². The average Bonchev–Trinajstić information content (AvgIpc) is 3.03. The van der Waals surface area contributed by atoms with Crippen molar-refractivity contribution in [1.29, 1.82) is 0 Å². The fourth-order valence-electron chi connectivity index (χ4n) is 2.61. The van der Waals surface area contributed by atoms with Gasteiger partial charge >= 0.3 is 0 Å². The van der Waals surface area contributed by atoms with Crippen LogP contribution < -0.4 is 11.1 Å². The molecule has 2 rings (SSSR count). The Bertz CT molecular complexity index is 311. The van der Waals surface area contributed by atoms with Gasteiger partial charge in [-0.25, -0.2) is 0 Å². The number of carbonyl (C=O) groups excluding carboxylic acids is 1. The lowest BCUT2D eigenvalue weighted by atomic mass is 10.2. The highest BCUT2D eigenvalue weighted by Gasteiger charge is 2.30. The summed E-state index contributed by atoms with van der Waals surface area (Å²) in [7, 11) is 0. The van der Waals surface area contributed by atoms with Gasteiger partial charge in [-0.05, 0) is 25.7 Å². The molecule has 2 saturated carbocycles. The standard InChI is InChI=1S/C13H23N3OS/c14-12(18)7-8-16(11-5-6-11)9-13(17)15-10-3-1-2-4-10/h10-11H,1-9H2,(H2,14,18)(H,15,17). The molecular weight excluding hydrogens is 246 g/mol. The lowest BCUT2D eigenvalue weighted by Gasteiger charge is -2.22. The molecule has 0 atom stereocenters. The summed E-state index contributed by atoms with van der Waals surface area (Å²) >= 11 is 4.90. The van der Waals surface area contributed by atoms with Crippen LogP contribution in [0.25, 0.3) is 0 Å². The summed E-state index contributed by atoms with van der Waals surface area (Å²) in [5.74, 6) is 0.164. The lowest BCUT2D eigenvalue weighted by molar-refractivity contribution is -0.123. The van der Waals surface area contributed by atoms with Crippen LogP contribution in [0, 0.1) is 0 Å². The third-order valence-electron chi connectivity index (χ3n) is 3.78. The molecule has 2 aliphatic carbocycles. The number of rotatable bonds is 7. The summed E-state index contributed by atoms with van der Waals surface area (Å²) in [6.07, 6.45) is 7.90. The third-order valence-corrected chi connectivity index (χ3v) is 3.98. The third kappa shape index (κ3) is 4.53. The Labute approximate surface area is 114 Å². The molecule has 2 fully saturated rings. The zero-order chi connectivity index (χ0) is 13.0. The molecule has 5 heteroatoms. The quantitative estimate of drug-likeness (QED) is 0.682. The number of hydrogen-bond acceptors (Lipinski definition) is 3. The normalized spacial score (nSPS) is 20.3. The van der Waals surface area contributed by atoms with Crippen LogP contribution >= 0.6 is 12.2 Å². The second-order valence-electron chi connectivity index (χ2n) is 5.47. The van der Waals surface area contributed by atoms with E-state index in [1.165, 1.54) is 25.7 Å². The van der Waals surface area contributed by atoms with Gasteiger partial charge in [0, 0.05) is 25.0 Å². The number of thiocarbonyl (C=S) groups is 1. The first-order valence-corrected chi connectivity index (χ1v) is 7.37. The van der Waals surface area contributed by atoms with E-state index in [1.807, 2.05) is 0 Å². The highest BCUT2D eigenvalue weighted by Crippen LogP contribution is 2.26. The number of nitrogens with zero attached hydrogens (tertiary/aromatic N) is 1. The first kappa shape index (κ1) is 13.7. The van der Waals surface area contributed by atoms with E-state index in [-0.39, 0.29) is 5.91 Å². The fraction of sp³-hybridized carbons (Fsp3) is 0.846. The maximum absolute atomic E-state index is 12.0. The minimum Gasteiger partial charge on any atom is -0.393 e. The van der Waals surface area contributed by atoms with Crippen LogP contribution in [-0.4, -0.2) is 41.0 Å². The van der Waals surface area contributed by atoms with Gasteiger partial charge in [-0.15, -0.1) is 0 Å². The average molecular weight is 269 g/mol. The highest BCUT2D eigenvalue weighted by atomic mass is 32.1. The number of amides is 1.